The van der Waals surface area contributed by atoms with E-state index in [1.807, 2.05) is 37.3 Å². The lowest BCUT2D eigenvalue weighted by Crippen LogP contribution is -2.39. The number of carbonyl (C=O) groups is 1. The highest BCUT2D eigenvalue weighted by atomic mass is 16.2. The van der Waals surface area contributed by atoms with Gasteiger partial charge in [0.15, 0.2) is 0 Å². The van der Waals surface area contributed by atoms with Crippen molar-refractivity contribution in [3.05, 3.63) is 36.3 Å². The average Bonchev–Trinajstić information content (AvgIpc) is 2.96. The minimum absolute atomic E-state index is 0.0519. The molecule has 0 radical (unpaired) electrons. The first-order chi connectivity index (χ1) is 11.1. The molecule has 1 fully saturated rings. The quantitative estimate of drug-likeness (QED) is 0.875. The molecule has 2 aromatic heterocycles. The van der Waals surface area contributed by atoms with E-state index in [0.29, 0.717) is 23.2 Å². The van der Waals surface area contributed by atoms with Gasteiger partial charge in [0.2, 0.25) is 0 Å². The molecule has 1 aliphatic rings. The normalized spacial score (nSPS) is 21.2. The molecular weight excluding hydrogens is 288 g/mol. The summed E-state index contributed by atoms with van der Waals surface area (Å²) in [5.74, 6) is 0.742. The van der Waals surface area contributed by atoms with Crippen LogP contribution in [0.5, 0.6) is 0 Å². The van der Waals surface area contributed by atoms with Crippen LogP contribution in [0.3, 0.4) is 0 Å². The number of hydrogen-bond donors (Lipinski definition) is 0. The van der Waals surface area contributed by atoms with Gasteiger partial charge in [-0.2, -0.15) is 5.10 Å². The van der Waals surface area contributed by atoms with E-state index >= 15 is 0 Å². The summed E-state index contributed by atoms with van der Waals surface area (Å²) in [6, 6.07) is 4.13. The maximum absolute atomic E-state index is 13.0. The Kier molecular flexibility index (Phi) is 4.46. The number of carbonyl (C=O) groups excluding carboxylic acids is 1. The number of hydrogen-bond acceptors (Lipinski definition) is 3. The second kappa shape index (κ2) is 6.52. The van der Waals surface area contributed by atoms with Crippen molar-refractivity contribution < 1.29 is 4.79 Å². The summed E-state index contributed by atoms with van der Waals surface area (Å²) in [5.41, 5.74) is 2.24. The molecule has 3 rings (SSSR count). The maximum atomic E-state index is 13.0. The predicted molar refractivity (Wildman–Crippen MR) is 90.0 cm³/mol. The zero-order valence-electron chi connectivity index (χ0n) is 14.1. The lowest BCUT2D eigenvalue weighted by Gasteiger charge is -2.34. The van der Waals surface area contributed by atoms with Crippen molar-refractivity contribution >= 4 is 5.91 Å². The summed E-state index contributed by atoms with van der Waals surface area (Å²) in [6.07, 6.45) is 9.94. The number of aryl methyl sites for hydroxylation is 1. The van der Waals surface area contributed by atoms with E-state index in [-0.39, 0.29) is 5.91 Å². The Labute approximate surface area is 137 Å². The third kappa shape index (κ3) is 3.28. The molecule has 0 aromatic carbocycles. The van der Waals surface area contributed by atoms with E-state index in [2.05, 4.69) is 17.0 Å². The predicted octanol–water partition coefficient (Wildman–Crippen LogP) is 3.13. The van der Waals surface area contributed by atoms with Gasteiger partial charge in [-0.1, -0.05) is 19.8 Å². The summed E-state index contributed by atoms with van der Waals surface area (Å²) in [5, 5.41) is 4.47. The van der Waals surface area contributed by atoms with Gasteiger partial charge in [-0.25, -0.2) is 0 Å². The van der Waals surface area contributed by atoms with E-state index < -0.39 is 0 Å². The van der Waals surface area contributed by atoms with Gasteiger partial charge in [-0.05, 0) is 30.9 Å². The van der Waals surface area contributed by atoms with Crippen LogP contribution in [-0.2, 0) is 7.05 Å². The van der Waals surface area contributed by atoms with Gasteiger partial charge in [0.05, 0.1) is 5.56 Å². The first kappa shape index (κ1) is 15.7. The van der Waals surface area contributed by atoms with Crippen LogP contribution < -0.4 is 0 Å². The monoisotopic (exact) mass is 312 g/mol. The third-order valence-corrected chi connectivity index (χ3v) is 4.77. The summed E-state index contributed by atoms with van der Waals surface area (Å²) in [6.45, 7) is 2.27. The van der Waals surface area contributed by atoms with Crippen molar-refractivity contribution in [1.82, 2.24) is 19.7 Å². The molecule has 2 atom stereocenters. The van der Waals surface area contributed by atoms with Crippen LogP contribution in [-0.4, -0.2) is 38.7 Å². The number of aromatic nitrogens is 3. The molecular formula is C18H24N4O. The molecule has 5 heteroatoms. The molecule has 0 bridgehead atoms. The van der Waals surface area contributed by atoms with Crippen LogP contribution in [0.15, 0.2) is 30.7 Å². The maximum Gasteiger partial charge on any atom is 0.257 e. The molecule has 2 unspecified atom stereocenters. The summed E-state index contributed by atoms with van der Waals surface area (Å²) >= 11 is 0. The van der Waals surface area contributed by atoms with E-state index in [1.54, 1.807) is 17.1 Å². The highest BCUT2D eigenvalue weighted by Gasteiger charge is 2.28. The van der Waals surface area contributed by atoms with E-state index in [4.69, 9.17) is 0 Å². The molecule has 2 aromatic rings. The third-order valence-electron chi connectivity index (χ3n) is 4.77. The van der Waals surface area contributed by atoms with Crippen molar-refractivity contribution in [3.63, 3.8) is 0 Å². The van der Waals surface area contributed by atoms with Crippen LogP contribution in [0, 0.1) is 5.92 Å². The SMILES string of the molecule is CC1CCCC(N(C)C(=O)c2cn(C)nc2-c2cccnc2)C1. The van der Waals surface area contributed by atoms with Gasteiger partial charge < -0.3 is 4.90 Å². The van der Waals surface area contributed by atoms with Crippen LogP contribution in [0.4, 0.5) is 0 Å². The van der Waals surface area contributed by atoms with Crippen LogP contribution >= 0.6 is 0 Å². The number of pyridine rings is 1. The van der Waals surface area contributed by atoms with Crippen LogP contribution in [0.2, 0.25) is 0 Å². The zero-order chi connectivity index (χ0) is 16.4. The molecule has 122 valence electrons. The van der Waals surface area contributed by atoms with Gasteiger partial charge in [-0.15, -0.1) is 0 Å². The Balaban J connectivity index is 1.88. The Morgan fingerprint density at radius 1 is 1.39 bits per heavy atom. The van der Waals surface area contributed by atoms with E-state index in [0.717, 1.165) is 18.4 Å². The van der Waals surface area contributed by atoms with Gasteiger partial charge in [0.25, 0.3) is 5.91 Å². The molecule has 0 spiro atoms. The molecule has 1 aliphatic carbocycles. The largest absolute Gasteiger partial charge is 0.339 e. The van der Waals surface area contributed by atoms with Crippen LogP contribution in [0.25, 0.3) is 11.3 Å². The van der Waals surface area contributed by atoms with Crippen molar-refractivity contribution in [3.8, 4) is 11.3 Å². The topological polar surface area (TPSA) is 51.0 Å². The fourth-order valence-corrected chi connectivity index (χ4v) is 3.47. The van der Waals surface area contributed by atoms with E-state index in [1.165, 1.54) is 12.8 Å². The number of rotatable bonds is 3. The molecule has 0 saturated heterocycles. The Hall–Kier alpha value is -2.17. The summed E-state index contributed by atoms with van der Waals surface area (Å²) < 4.78 is 1.70. The highest BCUT2D eigenvalue weighted by molar-refractivity contribution is 5.99. The lowest BCUT2D eigenvalue weighted by atomic mass is 9.86. The first-order valence-corrected chi connectivity index (χ1v) is 8.27. The van der Waals surface area contributed by atoms with Crippen molar-refractivity contribution in [2.45, 2.75) is 38.6 Å². The second-order valence-corrected chi connectivity index (χ2v) is 6.65. The van der Waals surface area contributed by atoms with Gasteiger partial charge >= 0.3 is 0 Å². The number of amides is 1. The van der Waals surface area contributed by atoms with Crippen molar-refractivity contribution in [2.24, 2.45) is 13.0 Å². The smallest absolute Gasteiger partial charge is 0.257 e. The lowest BCUT2D eigenvalue weighted by molar-refractivity contribution is 0.0673. The highest BCUT2D eigenvalue weighted by Crippen LogP contribution is 2.29. The second-order valence-electron chi connectivity index (χ2n) is 6.65. The molecule has 0 aliphatic heterocycles. The van der Waals surface area contributed by atoms with Crippen molar-refractivity contribution in [1.29, 1.82) is 0 Å². The summed E-state index contributed by atoms with van der Waals surface area (Å²) in [4.78, 5) is 19.1. The standard InChI is InChI=1S/C18H24N4O/c1-13-6-4-8-15(10-13)22(3)18(23)16-12-21(2)20-17(16)14-7-5-9-19-11-14/h5,7,9,11-13,15H,4,6,8,10H2,1-3H3. The Bertz CT molecular complexity index is 680. The first-order valence-electron chi connectivity index (χ1n) is 8.27. The van der Waals surface area contributed by atoms with E-state index in [9.17, 15) is 4.79 Å². The number of nitrogens with zero attached hydrogens (tertiary/aromatic N) is 4. The fourth-order valence-electron chi connectivity index (χ4n) is 3.47. The van der Waals surface area contributed by atoms with Gasteiger partial charge in [0, 0.05) is 44.3 Å². The minimum Gasteiger partial charge on any atom is -0.339 e. The fraction of sp³-hybridized carbons (Fsp3) is 0.500. The van der Waals surface area contributed by atoms with Gasteiger partial charge in [0.1, 0.15) is 5.69 Å². The molecule has 2 heterocycles. The zero-order valence-corrected chi connectivity index (χ0v) is 14.1. The van der Waals surface area contributed by atoms with Crippen molar-refractivity contribution in [2.75, 3.05) is 7.05 Å². The average molecular weight is 312 g/mol. The summed E-state index contributed by atoms with van der Waals surface area (Å²) in [7, 11) is 3.77. The molecule has 23 heavy (non-hydrogen) atoms. The Morgan fingerprint density at radius 3 is 2.91 bits per heavy atom. The molecule has 5 nitrogen and oxygen atoms in total. The Morgan fingerprint density at radius 2 is 2.22 bits per heavy atom. The van der Waals surface area contributed by atoms with Gasteiger partial charge in [-0.3, -0.25) is 14.5 Å². The van der Waals surface area contributed by atoms with Crippen LogP contribution in [0.1, 0.15) is 43.0 Å². The molecule has 1 saturated carbocycles. The minimum atomic E-state index is 0.0519. The molecule has 0 N–H and O–H groups in total. The molecule has 1 amide bonds.